The number of nitrogen functional groups attached to an aromatic ring is 1. The van der Waals surface area contributed by atoms with Crippen LogP contribution in [-0.4, -0.2) is 56.7 Å². The number of piperidine rings is 1. The first-order valence-corrected chi connectivity index (χ1v) is 12.4. The molecule has 0 bridgehead atoms. The van der Waals surface area contributed by atoms with Crippen molar-refractivity contribution in [1.29, 1.82) is 0 Å². The molecule has 1 fully saturated rings. The number of carbonyl (C=O) groups excluding carboxylic acids is 2. The number of ether oxygens (including phenoxy) is 1. The van der Waals surface area contributed by atoms with E-state index in [-0.39, 0.29) is 23.7 Å². The Hall–Kier alpha value is -4.44. The number of hydrogen-bond donors (Lipinski definition) is 2. The number of benzene rings is 1. The third-order valence-corrected chi connectivity index (χ3v) is 6.84. The van der Waals surface area contributed by atoms with Gasteiger partial charge >= 0.3 is 0 Å². The van der Waals surface area contributed by atoms with Crippen molar-refractivity contribution in [3.8, 4) is 17.0 Å². The third kappa shape index (κ3) is 4.66. The number of methoxy groups -OCH3 is 1. The minimum Gasteiger partial charge on any atom is -0.496 e. The van der Waals surface area contributed by atoms with Crippen molar-refractivity contribution in [2.75, 3.05) is 31.2 Å². The second-order valence-corrected chi connectivity index (χ2v) is 9.28. The standard InChI is InChI=1S/C27H26ClN7O3/c1-3-22(36)34-12-6-7-17(15-34)35-25-19(28)14-31-26(29)23(25)24(33-35)18-10-9-16(13-20(18)38-2)27(37)32-21-8-4-5-11-30-21/h3-5,8-11,13-14,17H,1,6-7,12,15H2,2H3,(H2,29,31)(H,30,32,37). The van der Waals surface area contributed by atoms with Gasteiger partial charge in [0.1, 0.15) is 23.1 Å². The molecule has 10 nitrogen and oxygen atoms in total. The number of nitrogens with two attached hydrogens (primary N) is 1. The summed E-state index contributed by atoms with van der Waals surface area (Å²) in [4.78, 5) is 35.3. The van der Waals surface area contributed by atoms with Gasteiger partial charge in [-0.25, -0.2) is 9.97 Å². The van der Waals surface area contributed by atoms with E-state index in [0.29, 0.717) is 57.4 Å². The van der Waals surface area contributed by atoms with Crippen LogP contribution in [0.3, 0.4) is 0 Å². The maximum absolute atomic E-state index is 12.8. The van der Waals surface area contributed by atoms with Crippen molar-refractivity contribution in [2.45, 2.75) is 18.9 Å². The average Bonchev–Trinajstić information content (AvgIpc) is 3.36. The molecule has 5 rings (SSSR count). The van der Waals surface area contributed by atoms with Gasteiger partial charge in [0.25, 0.3) is 5.91 Å². The van der Waals surface area contributed by atoms with Gasteiger partial charge < -0.3 is 20.7 Å². The van der Waals surface area contributed by atoms with E-state index in [1.807, 2.05) is 4.68 Å². The Morgan fingerprint density at radius 1 is 1.26 bits per heavy atom. The maximum Gasteiger partial charge on any atom is 0.256 e. The van der Waals surface area contributed by atoms with Crippen molar-refractivity contribution in [3.05, 3.63) is 72.0 Å². The van der Waals surface area contributed by atoms with E-state index < -0.39 is 0 Å². The molecule has 1 aromatic carbocycles. The fraction of sp³-hybridized carbons (Fsp3) is 0.222. The zero-order valence-corrected chi connectivity index (χ0v) is 21.5. The topological polar surface area (TPSA) is 128 Å². The number of rotatable bonds is 6. The van der Waals surface area contributed by atoms with E-state index in [1.165, 1.54) is 19.4 Å². The maximum atomic E-state index is 12.8. The van der Waals surface area contributed by atoms with Crippen molar-refractivity contribution < 1.29 is 14.3 Å². The molecule has 0 spiro atoms. The van der Waals surface area contributed by atoms with Gasteiger partial charge in [-0.1, -0.05) is 24.2 Å². The van der Waals surface area contributed by atoms with Crippen LogP contribution in [0.5, 0.6) is 5.75 Å². The summed E-state index contributed by atoms with van der Waals surface area (Å²) in [6.45, 7) is 4.72. The molecule has 1 saturated heterocycles. The number of carbonyl (C=O) groups is 2. The molecule has 0 radical (unpaired) electrons. The van der Waals surface area contributed by atoms with Gasteiger partial charge in [-0.15, -0.1) is 0 Å². The minimum absolute atomic E-state index is 0.125. The number of nitrogens with one attached hydrogen (secondary N) is 1. The Labute approximate surface area is 224 Å². The normalized spacial score (nSPS) is 15.3. The number of amides is 2. The van der Waals surface area contributed by atoms with E-state index in [4.69, 9.17) is 27.2 Å². The monoisotopic (exact) mass is 531 g/mol. The predicted octanol–water partition coefficient (Wildman–Crippen LogP) is 4.34. The number of hydrogen-bond acceptors (Lipinski definition) is 7. The predicted molar refractivity (Wildman–Crippen MR) is 146 cm³/mol. The van der Waals surface area contributed by atoms with Gasteiger partial charge in [0.2, 0.25) is 5.91 Å². The van der Waals surface area contributed by atoms with E-state index in [2.05, 4.69) is 21.9 Å². The number of nitrogens with zero attached hydrogens (tertiary/aromatic N) is 5. The highest BCUT2D eigenvalue weighted by atomic mass is 35.5. The molecule has 1 unspecified atom stereocenters. The average molecular weight is 532 g/mol. The summed E-state index contributed by atoms with van der Waals surface area (Å²) in [5.74, 6) is 0.675. The molecule has 4 heterocycles. The van der Waals surface area contributed by atoms with Crippen LogP contribution in [0.25, 0.3) is 22.2 Å². The summed E-state index contributed by atoms with van der Waals surface area (Å²) in [6.07, 6.45) is 6.03. The van der Waals surface area contributed by atoms with Gasteiger partial charge in [0.15, 0.2) is 0 Å². The number of halogens is 1. The molecule has 1 aliphatic rings. The summed E-state index contributed by atoms with van der Waals surface area (Å²) in [7, 11) is 1.52. The van der Waals surface area contributed by atoms with Gasteiger partial charge in [-0.05, 0) is 49.2 Å². The van der Waals surface area contributed by atoms with Crippen molar-refractivity contribution in [1.82, 2.24) is 24.6 Å². The smallest absolute Gasteiger partial charge is 0.256 e. The third-order valence-electron chi connectivity index (χ3n) is 6.56. The number of anilines is 2. The first kappa shape index (κ1) is 25.2. The Morgan fingerprint density at radius 2 is 2.11 bits per heavy atom. The molecular weight excluding hydrogens is 506 g/mol. The molecule has 4 aromatic rings. The van der Waals surface area contributed by atoms with Crippen LogP contribution in [0, 0.1) is 0 Å². The first-order chi connectivity index (χ1) is 18.4. The van der Waals surface area contributed by atoms with E-state index >= 15 is 0 Å². The number of fused-ring (bicyclic) bond motifs is 1. The summed E-state index contributed by atoms with van der Waals surface area (Å²) >= 11 is 6.63. The Balaban J connectivity index is 1.58. The molecule has 0 saturated carbocycles. The van der Waals surface area contributed by atoms with Crippen molar-refractivity contribution in [2.24, 2.45) is 0 Å². The zero-order chi connectivity index (χ0) is 26.8. The SMILES string of the molecule is C=CC(=O)N1CCCC(n2nc(-c3ccc(C(=O)Nc4ccccn4)cc3OC)c3c(N)ncc(Cl)c32)C1. The summed E-state index contributed by atoms with van der Waals surface area (Å²) in [5.41, 5.74) is 8.50. The van der Waals surface area contributed by atoms with Crippen LogP contribution in [0.2, 0.25) is 5.02 Å². The Bertz CT molecular complexity index is 1540. The van der Waals surface area contributed by atoms with Gasteiger partial charge in [-0.2, -0.15) is 5.10 Å². The van der Waals surface area contributed by atoms with Gasteiger partial charge in [0, 0.05) is 30.4 Å². The van der Waals surface area contributed by atoms with Crippen LogP contribution in [0.15, 0.2) is 61.4 Å². The number of likely N-dealkylation sites (tertiary alicyclic amines) is 1. The van der Waals surface area contributed by atoms with Crippen LogP contribution in [0.4, 0.5) is 11.6 Å². The second-order valence-electron chi connectivity index (χ2n) is 8.88. The first-order valence-electron chi connectivity index (χ1n) is 12.1. The van der Waals surface area contributed by atoms with Crippen LogP contribution in [-0.2, 0) is 4.79 Å². The highest BCUT2D eigenvalue weighted by molar-refractivity contribution is 6.35. The Morgan fingerprint density at radius 3 is 2.84 bits per heavy atom. The Kier molecular flexibility index (Phi) is 6.97. The molecular formula is C27H26ClN7O3. The summed E-state index contributed by atoms with van der Waals surface area (Å²) < 4.78 is 7.50. The molecule has 38 heavy (non-hydrogen) atoms. The quantitative estimate of drug-likeness (QED) is 0.354. The summed E-state index contributed by atoms with van der Waals surface area (Å²) in [6, 6.07) is 10.2. The van der Waals surface area contributed by atoms with E-state index in [1.54, 1.807) is 47.5 Å². The van der Waals surface area contributed by atoms with E-state index in [0.717, 1.165) is 12.8 Å². The summed E-state index contributed by atoms with van der Waals surface area (Å²) in [5, 5.41) is 8.67. The molecule has 3 N–H and O–H groups in total. The lowest BCUT2D eigenvalue weighted by atomic mass is 10.0. The lowest BCUT2D eigenvalue weighted by Gasteiger charge is -2.32. The molecule has 1 aliphatic heterocycles. The molecule has 194 valence electrons. The fourth-order valence-corrected chi connectivity index (χ4v) is 4.98. The second kappa shape index (κ2) is 10.5. The highest BCUT2D eigenvalue weighted by Gasteiger charge is 2.29. The van der Waals surface area contributed by atoms with Crippen LogP contribution < -0.4 is 15.8 Å². The van der Waals surface area contributed by atoms with Gasteiger partial charge in [-0.3, -0.25) is 14.3 Å². The fourth-order valence-electron chi connectivity index (χ4n) is 4.75. The molecule has 3 aromatic heterocycles. The van der Waals surface area contributed by atoms with Crippen molar-refractivity contribution in [3.63, 3.8) is 0 Å². The molecule has 0 aliphatic carbocycles. The molecule has 11 heteroatoms. The van der Waals surface area contributed by atoms with Crippen molar-refractivity contribution >= 4 is 46.0 Å². The lowest BCUT2D eigenvalue weighted by Crippen LogP contribution is -2.40. The highest BCUT2D eigenvalue weighted by Crippen LogP contribution is 2.41. The molecule has 2 amide bonds. The lowest BCUT2D eigenvalue weighted by molar-refractivity contribution is -0.127. The largest absolute Gasteiger partial charge is 0.496 e. The minimum atomic E-state index is -0.331. The number of pyridine rings is 2. The van der Waals surface area contributed by atoms with Gasteiger partial charge in [0.05, 0.1) is 35.3 Å². The molecule has 1 atom stereocenters. The zero-order valence-electron chi connectivity index (χ0n) is 20.7. The number of aromatic nitrogens is 4. The van der Waals surface area contributed by atoms with Crippen LogP contribution >= 0.6 is 11.6 Å². The van der Waals surface area contributed by atoms with Crippen LogP contribution in [0.1, 0.15) is 29.2 Å². The van der Waals surface area contributed by atoms with E-state index in [9.17, 15) is 9.59 Å².